The Morgan fingerprint density at radius 1 is 1.39 bits per heavy atom. The van der Waals surface area contributed by atoms with E-state index >= 15 is 0 Å². The fraction of sp³-hybridized carbons (Fsp3) is 0.733. The van der Waals surface area contributed by atoms with Crippen LogP contribution in [0.3, 0.4) is 0 Å². The molecule has 2 rings (SSSR count). The number of ketones is 1. The standard InChI is InChI=1S/C15H24N2O/c1-3-13-10-14(17(2)16-13)11-15(18)9-12-7-5-4-6-8-12/h10,12H,3-9,11H2,1-2H3. The van der Waals surface area contributed by atoms with Crippen LogP contribution in [0.15, 0.2) is 6.07 Å². The Balaban J connectivity index is 1.87. The van der Waals surface area contributed by atoms with Gasteiger partial charge >= 0.3 is 0 Å². The van der Waals surface area contributed by atoms with E-state index in [2.05, 4.69) is 18.1 Å². The van der Waals surface area contributed by atoms with Crippen LogP contribution >= 0.6 is 0 Å². The van der Waals surface area contributed by atoms with Crippen LogP contribution in [0.4, 0.5) is 0 Å². The van der Waals surface area contributed by atoms with Gasteiger partial charge in [0, 0.05) is 25.6 Å². The SMILES string of the molecule is CCc1cc(CC(=O)CC2CCCCC2)n(C)n1. The summed E-state index contributed by atoms with van der Waals surface area (Å²) in [5.41, 5.74) is 2.14. The molecular formula is C15H24N2O. The number of carbonyl (C=O) groups is 1. The Bertz CT molecular complexity index is 403. The van der Waals surface area contributed by atoms with Gasteiger partial charge < -0.3 is 0 Å². The number of carbonyl (C=O) groups excluding carboxylic acids is 1. The maximum absolute atomic E-state index is 12.1. The average Bonchev–Trinajstić information content (AvgIpc) is 2.71. The number of hydrogen-bond donors (Lipinski definition) is 0. The van der Waals surface area contributed by atoms with E-state index in [0.717, 1.165) is 24.2 Å². The summed E-state index contributed by atoms with van der Waals surface area (Å²) in [6.07, 6.45) is 8.73. The Morgan fingerprint density at radius 2 is 2.11 bits per heavy atom. The van der Waals surface area contributed by atoms with Crippen molar-refractivity contribution in [3.05, 3.63) is 17.5 Å². The zero-order chi connectivity index (χ0) is 13.0. The topological polar surface area (TPSA) is 34.9 Å². The highest BCUT2D eigenvalue weighted by atomic mass is 16.1. The minimum atomic E-state index is 0.382. The molecule has 0 aromatic carbocycles. The van der Waals surface area contributed by atoms with Gasteiger partial charge in [0.25, 0.3) is 0 Å². The van der Waals surface area contributed by atoms with E-state index in [-0.39, 0.29) is 0 Å². The smallest absolute Gasteiger partial charge is 0.139 e. The molecule has 18 heavy (non-hydrogen) atoms. The minimum absolute atomic E-state index is 0.382. The molecule has 1 saturated carbocycles. The predicted molar refractivity (Wildman–Crippen MR) is 72.5 cm³/mol. The zero-order valence-corrected chi connectivity index (χ0v) is 11.6. The number of aromatic nitrogens is 2. The average molecular weight is 248 g/mol. The molecule has 3 nitrogen and oxygen atoms in total. The van der Waals surface area contributed by atoms with Crippen LogP contribution in [-0.4, -0.2) is 15.6 Å². The minimum Gasteiger partial charge on any atom is -0.299 e. The summed E-state index contributed by atoms with van der Waals surface area (Å²) < 4.78 is 1.86. The van der Waals surface area contributed by atoms with Gasteiger partial charge in [0.15, 0.2) is 0 Å². The first-order chi connectivity index (χ1) is 8.69. The molecule has 1 aliphatic carbocycles. The van der Waals surface area contributed by atoms with Crippen molar-refractivity contribution < 1.29 is 4.79 Å². The lowest BCUT2D eigenvalue weighted by atomic mass is 9.85. The van der Waals surface area contributed by atoms with Crippen molar-refractivity contribution in [1.82, 2.24) is 9.78 Å². The molecule has 0 saturated heterocycles. The molecule has 0 spiro atoms. The van der Waals surface area contributed by atoms with Crippen LogP contribution < -0.4 is 0 Å². The summed E-state index contributed by atoms with van der Waals surface area (Å²) in [4.78, 5) is 12.1. The van der Waals surface area contributed by atoms with E-state index in [1.54, 1.807) is 0 Å². The van der Waals surface area contributed by atoms with Gasteiger partial charge in [0.2, 0.25) is 0 Å². The van der Waals surface area contributed by atoms with E-state index in [1.165, 1.54) is 32.1 Å². The van der Waals surface area contributed by atoms with Crippen molar-refractivity contribution >= 4 is 5.78 Å². The summed E-state index contributed by atoms with van der Waals surface area (Å²) in [7, 11) is 1.93. The van der Waals surface area contributed by atoms with Crippen LogP contribution in [0.1, 0.15) is 56.8 Å². The van der Waals surface area contributed by atoms with Crippen molar-refractivity contribution in [2.75, 3.05) is 0 Å². The van der Waals surface area contributed by atoms with Gasteiger partial charge in [-0.15, -0.1) is 0 Å². The largest absolute Gasteiger partial charge is 0.299 e. The van der Waals surface area contributed by atoms with Gasteiger partial charge in [0.1, 0.15) is 5.78 Å². The molecule has 0 unspecified atom stereocenters. The monoisotopic (exact) mass is 248 g/mol. The number of nitrogens with zero attached hydrogens (tertiary/aromatic N) is 2. The molecule has 100 valence electrons. The highest BCUT2D eigenvalue weighted by Gasteiger charge is 2.18. The number of rotatable bonds is 5. The molecule has 0 radical (unpaired) electrons. The molecule has 1 aromatic heterocycles. The van der Waals surface area contributed by atoms with Crippen LogP contribution in [0, 0.1) is 5.92 Å². The first-order valence-electron chi connectivity index (χ1n) is 7.22. The predicted octanol–water partition coefficient (Wildman–Crippen LogP) is 3.06. The third-order valence-electron chi connectivity index (χ3n) is 4.01. The lowest BCUT2D eigenvalue weighted by Gasteiger charge is -2.20. The van der Waals surface area contributed by atoms with E-state index < -0.39 is 0 Å². The van der Waals surface area contributed by atoms with E-state index in [1.807, 2.05) is 11.7 Å². The lowest BCUT2D eigenvalue weighted by molar-refractivity contribution is -0.119. The van der Waals surface area contributed by atoms with E-state index in [0.29, 0.717) is 18.1 Å². The lowest BCUT2D eigenvalue weighted by Crippen LogP contribution is -2.15. The second-order valence-electron chi connectivity index (χ2n) is 5.53. The summed E-state index contributed by atoms with van der Waals surface area (Å²) in [6, 6.07) is 2.07. The molecular weight excluding hydrogens is 224 g/mol. The Morgan fingerprint density at radius 3 is 2.72 bits per heavy atom. The summed E-state index contributed by atoms with van der Waals surface area (Å²) in [6.45, 7) is 2.09. The van der Waals surface area contributed by atoms with Gasteiger partial charge in [-0.2, -0.15) is 5.10 Å². The molecule has 1 aromatic rings. The van der Waals surface area contributed by atoms with Crippen LogP contribution in [0.2, 0.25) is 0 Å². The fourth-order valence-corrected chi connectivity index (χ4v) is 2.90. The zero-order valence-electron chi connectivity index (χ0n) is 11.6. The van der Waals surface area contributed by atoms with Gasteiger partial charge in [-0.05, 0) is 18.4 Å². The van der Waals surface area contributed by atoms with E-state index in [9.17, 15) is 4.79 Å². The summed E-state index contributed by atoms with van der Waals surface area (Å²) in [5, 5.41) is 4.39. The number of Topliss-reactive ketones (excluding diaryl/α,β-unsaturated/α-hetero) is 1. The van der Waals surface area contributed by atoms with Crippen molar-refractivity contribution in [2.45, 2.75) is 58.3 Å². The van der Waals surface area contributed by atoms with Gasteiger partial charge in [-0.1, -0.05) is 39.0 Å². The number of aryl methyl sites for hydroxylation is 2. The molecule has 0 bridgehead atoms. The molecule has 0 aliphatic heterocycles. The Kier molecular flexibility index (Phi) is 4.56. The van der Waals surface area contributed by atoms with Gasteiger partial charge in [-0.3, -0.25) is 9.48 Å². The van der Waals surface area contributed by atoms with Crippen molar-refractivity contribution in [2.24, 2.45) is 13.0 Å². The molecule has 0 atom stereocenters. The Labute approximate surface area is 110 Å². The van der Waals surface area contributed by atoms with Crippen molar-refractivity contribution in [3.63, 3.8) is 0 Å². The molecule has 3 heteroatoms. The van der Waals surface area contributed by atoms with Crippen LogP contribution in [-0.2, 0) is 24.7 Å². The summed E-state index contributed by atoms with van der Waals surface area (Å²) in [5.74, 6) is 1.03. The van der Waals surface area contributed by atoms with Crippen molar-refractivity contribution in [1.29, 1.82) is 0 Å². The normalized spacial score (nSPS) is 17.0. The molecule has 1 aliphatic rings. The van der Waals surface area contributed by atoms with Gasteiger partial charge in [-0.25, -0.2) is 0 Å². The number of hydrogen-bond acceptors (Lipinski definition) is 2. The van der Waals surface area contributed by atoms with E-state index in [4.69, 9.17) is 0 Å². The Hall–Kier alpha value is -1.12. The first-order valence-corrected chi connectivity index (χ1v) is 7.22. The molecule has 1 fully saturated rings. The molecule has 1 heterocycles. The maximum Gasteiger partial charge on any atom is 0.139 e. The second-order valence-corrected chi connectivity index (χ2v) is 5.53. The van der Waals surface area contributed by atoms with Crippen LogP contribution in [0.5, 0.6) is 0 Å². The van der Waals surface area contributed by atoms with Crippen LogP contribution in [0.25, 0.3) is 0 Å². The third-order valence-corrected chi connectivity index (χ3v) is 4.01. The fourth-order valence-electron chi connectivity index (χ4n) is 2.90. The molecule has 0 N–H and O–H groups in total. The highest BCUT2D eigenvalue weighted by Crippen LogP contribution is 2.26. The van der Waals surface area contributed by atoms with Crippen molar-refractivity contribution in [3.8, 4) is 0 Å². The van der Waals surface area contributed by atoms with Gasteiger partial charge in [0.05, 0.1) is 5.69 Å². The highest BCUT2D eigenvalue weighted by molar-refractivity contribution is 5.80. The summed E-state index contributed by atoms with van der Waals surface area (Å²) >= 11 is 0. The second kappa shape index (κ2) is 6.17. The third kappa shape index (κ3) is 3.44. The quantitative estimate of drug-likeness (QED) is 0.802. The molecule has 0 amide bonds. The maximum atomic E-state index is 12.1. The first kappa shape index (κ1) is 13.3.